The lowest BCUT2D eigenvalue weighted by molar-refractivity contribution is 0.442. The monoisotopic (exact) mass is 241 g/mol. The van der Waals surface area contributed by atoms with Crippen LogP contribution >= 0.6 is 0 Å². The number of aliphatic imine (C=N–C) groups is 1. The summed E-state index contributed by atoms with van der Waals surface area (Å²) in [5.41, 5.74) is 2.22. The molecule has 0 unspecified atom stereocenters. The summed E-state index contributed by atoms with van der Waals surface area (Å²) in [6.07, 6.45) is 0.942. The number of hydrogen-bond acceptors (Lipinski definition) is 2. The van der Waals surface area contributed by atoms with Crippen LogP contribution in [0.3, 0.4) is 0 Å². The van der Waals surface area contributed by atoms with Crippen molar-refractivity contribution in [1.29, 1.82) is 0 Å². The van der Waals surface area contributed by atoms with E-state index in [2.05, 4.69) is 19.1 Å². The van der Waals surface area contributed by atoms with E-state index >= 15 is 0 Å². The van der Waals surface area contributed by atoms with Crippen LogP contribution in [-0.2, 0) is 0 Å². The van der Waals surface area contributed by atoms with Gasteiger partial charge < -0.3 is 4.42 Å². The first-order valence-electron chi connectivity index (χ1n) is 6.37. The zero-order valence-electron chi connectivity index (χ0n) is 11.2. The average molecular weight is 241 g/mol. The zero-order valence-corrected chi connectivity index (χ0v) is 11.2. The SMILES string of the molecule is CC[C@H](N=C(C)c1ccccc1)c1ccc(C)o1. The quantitative estimate of drug-likeness (QED) is 0.721. The molecular formula is C16H19NO. The fourth-order valence-electron chi connectivity index (χ4n) is 1.98. The minimum Gasteiger partial charge on any atom is -0.464 e. The largest absolute Gasteiger partial charge is 0.464 e. The van der Waals surface area contributed by atoms with Gasteiger partial charge in [-0.2, -0.15) is 0 Å². The second-order valence-corrected chi connectivity index (χ2v) is 4.45. The summed E-state index contributed by atoms with van der Waals surface area (Å²) in [6, 6.07) is 14.4. The van der Waals surface area contributed by atoms with E-state index in [1.165, 1.54) is 5.56 Å². The molecule has 0 aliphatic heterocycles. The lowest BCUT2D eigenvalue weighted by Crippen LogP contribution is -2.00. The van der Waals surface area contributed by atoms with E-state index in [9.17, 15) is 0 Å². The van der Waals surface area contributed by atoms with Crippen LogP contribution in [0.25, 0.3) is 0 Å². The highest BCUT2D eigenvalue weighted by Crippen LogP contribution is 2.24. The van der Waals surface area contributed by atoms with Gasteiger partial charge in [-0.25, -0.2) is 0 Å². The van der Waals surface area contributed by atoms with Crippen molar-refractivity contribution in [3.8, 4) is 0 Å². The summed E-state index contributed by atoms with van der Waals surface area (Å²) >= 11 is 0. The van der Waals surface area contributed by atoms with Crippen LogP contribution in [0.4, 0.5) is 0 Å². The number of hydrogen-bond donors (Lipinski definition) is 0. The summed E-state index contributed by atoms with van der Waals surface area (Å²) in [5, 5.41) is 0. The standard InChI is InChI=1S/C16H19NO/c1-4-15(16-11-10-12(2)18-16)17-13(3)14-8-6-5-7-9-14/h5-11,15H,4H2,1-3H3/t15-/m0/s1. The zero-order chi connectivity index (χ0) is 13.0. The molecule has 0 N–H and O–H groups in total. The van der Waals surface area contributed by atoms with Gasteiger partial charge in [0.15, 0.2) is 0 Å². The van der Waals surface area contributed by atoms with E-state index in [1.807, 2.05) is 44.2 Å². The van der Waals surface area contributed by atoms with E-state index < -0.39 is 0 Å². The van der Waals surface area contributed by atoms with Crippen LogP contribution < -0.4 is 0 Å². The third-order valence-electron chi connectivity index (χ3n) is 3.02. The van der Waals surface area contributed by atoms with Gasteiger partial charge in [0.2, 0.25) is 0 Å². The Balaban J connectivity index is 2.24. The van der Waals surface area contributed by atoms with Crippen molar-refractivity contribution in [2.75, 3.05) is 0 Å². The molecule has 2 rings (SSSR count). The van der Waals surface area contributed by atoms with Crippen LogP contribution in [0, 0.1) is 6.92 Å². The Morgan fingerprint density at radius 3 is 2.44 bits per heavy atom. The fraction of sp³-hybridized carbons (Fsp3) is 0.312. The van der Waals surface area contributed by atoms with Crippen molar-refractivity contribution in [2.45, 2.75) is 33.2 Å². The predicted molar refractivity (Wildman–Crippen MR) is 75.1 cm³/mol. The number of rotatable bonds is 4. The molecule has 1 atom stereocenters. The molecule has 0 aliphatic carbocycles. The van der Waals surface area contributed by atoms with Crippen molar-refractivity contribution in [1.82, 2.24) is 0 Å². The third-order valence-corrected chi connectivity index (χ3v) is 3.02. The molecule has 0 saturated carbocycles. The topological polar surface area (TPSA) is 25.5 Å². The molecule has 2 heteroatoms. The van der Waals surface area contributed by atoms with Crippen LogP contribution in [0.5, 0.6) is 0 Å². The Morgan fingerprint density at radius 2 is 1.89 bits per heavy atom. The molecule has 18 heavy (non-hydrogen) atoms. The highest BCUT2D eigenvalue weighted by atomic mass is 16.3. The minimum atomic E-state index is 0.110. The maximum absolute atomic E-state index is 5.67. The Bertz CT molecular complexity index is 525. The van der Waals surface area contributed by atoms with Crippen LogP contribution in [0.2, 0.25) is 0 Å². The van der Waals surface area contributed by atoms with Gasteiger partial charge in [-0.3, -0.25) is 4.99 Å². The van der Waals surface area contributed by atoms with Crippen LogP contribution in [-0.4, -0.2) is 5.71 Å². The van der Waals surface area contributed by atoms with Crippen molar-refractivity contribution in [3.05, 3.63) is 59.5 Å². The summed E-state index contributed by atoms with van der Waals surface area (Å²) in [7, 11) is 0. The molecule has 0 saturated heterocycles. The third kappa shape index (κ3) is 2.89. The van der Waals surface area contributed by atoms with Crippen molar-refractivity contribution < 1.29 is 4.42 Å². The average Bonchev–Trinajstić information content (AvgIpc) is 2.83. The number of aryl methyl sites for hydroxylation is 1. The molecule has 2 nitrogen and oxygen atoms in total. The minimum absolute atomic E-state index is 0.110. The molecule has 0 amide bonds. The molecule has 2 aromatic rings. The first-order chi connectivity index (χ1) is 8.70. The lowest BCUT2D eigenvalue weighted by atomic mass is 10.1. The van der Waals surface area contributed by atoms with Gasteiger partial charge in [0, 0.05) is 5.71 Å². The van der Waals surface area contributed by atoms with E-state index in [0.717, 1.165) is 23.7 Å². The molecule has 1 aromatic carbocycles. The highest BCUT2D eigenvalue weighted by Gasteiger charge is 2.12. The molecule has 0 bridgehead atoms. The molecule has 0 spiro atoms. The van der Waals surface area contributed by atoms with Gasteiger partial charge in [0.1, 0.15) is 17.6 Å². The summed E-state index contributed by atoms with van der Waals surface area (Å²) in [5.74, 6) is 1.89. The number of nitrogens with zero attached hydrogens (tertiary/aromatic N) is 1. The van der Waals surface area contributed by atoms with Gasteiger partial charge in [0.25, 0.3) is 0 Å². The first-order valence-corrected chi connectivity index (χ1v) is 6.37. The molecular weight excluding hydrogens is 222 g/mol. The van der Waals surface area contributed by atoms with Crippen molar-refractivity contribution >= 4 is 5.71 Å². The Morgan fingerprint density at radius 1 is 1.17 bits per heavy atom. The van der Waals surface area contributed by atoms with Gasteiger partial charge in [-0.1, -0.05) is 37.3 Å². The molecule has 1 heterocycles. The molecule has 0 fully saturated rings. The lowest BCUT2D eigenvalue weighted by Gasteiger charge is -2.09. The van der Waals surface area contributed by atoms with Gasteiger partial charge >= 0.3 is 0 Å². The maximum Gasteiger partial charge on any atom is 0.128 e. The molecule has 94 valence electrons. The Hall–Kier alpha value is -1.83. The second kappa shape index (κ2) is 5.67. The van der Waals surface area contributed by atoms with E-state index in [4.69, 9.17) is 9.41 Å². The van der Waals surface area contributed by atoms with E-state index in [-0.39, 0.29) is 6.04 Å². The van der Waals surface area contributed by atoms with E-state index in [1.54, 1.807) is 0 Å². The summed E-state index contributed by atoms with van der Waals surface area (Å²) in [6.45, 7) is 6.14. The molecule has 0 radical (unpaired) electrons. The first kappa shape index (κ1) is 12.6. The molecule has 1 aromatic heterocycles. The van der Waals surface area contributed by atoms with Crippen LogP contribution in [0.1, 0.15) is 43.4 Å². The summed E-state index contributed by atoms with van der Waals surface area (Å²) in [4.78, 5) is 4.77. The van der Waals surface area contributed by atoms with Gasteiger partial charge in [-0.05, 0) is 38.0 Å². The fourth-order valence-corrected chi connectivity index (χ4v) is 1.98. The Labute approximate surface area is 108 Å². The van der Waals surface area contributed by atoms with Crippen molar-refractivity contribution in [2.24, 2.45) is 4.99 Å². The normalized spacial score (nSPS) is 13.6. The van der Waals surface area contributed by atoms with Crippen molar-refractivity contribution in [3.63, 3.8) is 0 Å². The van der Waals surface area contributed by atoms with Crippen LogP contribution in [0.15, 0.2) is 51.9 Å². The highest BCUT2D eigenvalue weighted by molar-refractivity contribution is 5.98. The number of benzene rings is 1. The van der Waals surface area contributed by atoms with E-state index in [0.29, 0.717) is 0 Å². The van der Waals surface area contributed by atoms with Gasteiger partial charge in [-0.15, -0.1) is 0 Å². The smallest absolute Gasteiger partial charge is 0.128 e. The molecule has 0 aliphatic rings. The number of furan rings is 1. The van der Waals surface area contributed by atoms with Gasteiger partial charge in [0.05, 0.1) is 0 Å². The Kier molecular flexibility index (Phi) is 3.98. The predicted octanol–water partition coefficient (Wildman–Crippen LogP) is 4.55. The second-order valence-electron chi connectivity index (χ2n) is 4.45. The summed E-state index contributed by atoms with van der Waals surface area (Å²) < 4.78 is 5.67. The maximum atomic E-state index is 5.67.